The summed E-state index contributed by atoms with van der Waals surface area (Å²) < 4.78 is 15.8. The summed E-state index contributed by atoms with van der Waals surface area (Å²) >= 11 is 0. The molecule has 110 valence electrons. The smallest absolute Gasteiger partial charge is 0.328 e. The van der Waals surface area contributed by atoms with Gasteiger partial charge in [-0.3, -0.25) is 0 Å². The van der Waals surface area contributed by atoms with Gasteiger partial charge in [0.2, 0.25) is 0 Å². The number of hydrogen-bond donors (Lipinski definition) is 1. The van der Waals surface area contributed by atoms with Crippen molar-refractivity contribution in [2.45, 2.75) is 13.5 Å². The number of rotatable bonds is 6. The summed E-state index contributed by atoms with van der Waals surface area (Å²) in [6.07, 6.45) is 2.54. The number of carboxylic acid groups (broad SMARTS) is 1. The lowest BCUT2D eigenvalue weighted by atomic mass is 10.2. The number of nitrogens with zero attached hydrogens (tertiary/aromatic N) is 1. The van der Waals surface area contributed by atoms with Crippen molar-refractivity contribution in [3.8, 4) is 11.5 Å². The van der Waals surface area contributed by atoms with Gasteiger partial charge in [-0.15, -0.1) is 0 Å². The molecule has 21 heavy (non-hydrogen) atoms. The molecule has 1 N–H and O–H groups in total. The summed E-state index contributed by atoms with van der Waals surface area (Å²) in [4.78, 5) is 10.5. The predicted molar refractivity (Wildman–Crippen MR) is 75.2 cm³/mol. The average Bonchev–Trinajstić information content (AvgIpc) is 2.88. The Morgan fingerprint density at radius 3 is 2.81 bits per heavy atom. The van der Waals surface area contributed by atoms with Crippen LogP contribution in [0.1, 0.15) is 17.0 Å². The van der Waals surface area contributed by atoms with Crippen LogP contribution in [0.2, 0.25) is 0 Å². The first-order chi connectivity index (χ1) is 10.1. The third-order valence-electron chi connectivity index (χ3n) is 2.66. The van der Waals surface area contributed by atoms with Gasteiger partial charge in [-0.1, -0.05) is 11.2 Å². The highest BCUT2D eigenvalue weighted by molar-refractivity contribution is 5.85. The molecule has 0 radical (unpaired) electrons. The highest BCUT2D eigenvalue weighted by Crippen LogP contribution is 2.29. The molecule has 0 spiro atoms. The predicted octanol–water partition coefficient (Wildman–Crippen LogP) is 2.67. The lowest BCUT2D eigenvalue weighted by Gasteiger charge is -2.10. The molecule has 1 aromatic carbocycles. The van der Waals surface area contributed by atoms with Crippen molar-refractivity contribution in [1.29, 1.82) is 0 Å². The quantitative estimate of drug-likeness (QED) is 0.823. The van der Waals surface area contributed by atoms with E-state index in [9.17, 15) is 4.79 Å². The van der Waals surface area contributed by atoms with Gasteiger partial charge >= 0.3 is 5.97 Å². The molecule has 0 fully saturated rings. The van der Waals surface area contributed by atoms with E-state index in [1.54, 1.807) is 31.2 Å². The van der Waals surface area contributed by atoms with E-state index in [4.69, 9.17) is 19.1 Å². The Bertz CT molecular complexity index is 660. The molecule has 1 heterocycles. The minimum Gasteiger partial charge on any atom is -0.493 e. The molecule has 0 aliphatic carbocycles. The molecular formula is C15H15NO5. The Labute approximate surface area is 121 Å². The number of aliphatic carboxylic acids is 1. The zero-order chi connectivity index (χ0) is 15.2. The second-order valence-electron chi connectivity index (χ2n) is 4.30. The van der Waals surface area contributed by atoms with E-state index in [0.29, 0.717) is 22.8 Å². The van der Waals surface area contributed by atoms with Crippen LogP contribution in [-0.4, -0.2) is 23.3 Å². The van der Waals surface area contributed by atoms with Crippen LogP contribution in [0.4, 0.5) is 0 Å². The molecule has 2 aromatic rings. The van der Waals surface area contributed by atoms with E-state index >= 15 is 0 Å². The Balaban J connectivity index is 2.10. The van der Waals surface area contributed by atoms with Gasteiger partial charge in [-0.25, -0.2) is 4.79 Å². The first kappa shape index (κ1) is 14.6. The van der Waals surface area contributed by atoms with Crippen LogP contribution in [0, 0.1) is 6.92 Å². The Morgan fingerprint density at radius 2 is 2.19 bits per heavy atom. The normalized spacial score (nSPS) is 10.8. The van der Waals surface area contributed by atoms with E-state index in [-0.39, 0.29) is 6.61 Å². The Hall–Kier alpha value is -2.76. The number of methoxy groups -OCH3 is 1. The maximum atomic E-state index is 10.5. The number of carbonyl (C=O) groups is 1. The van der Waals surface area contributed by atoms with E-state index in [1.807, 2.05) is 0 Å². The van der Waals surface area contributed by atoms with Crippen molar-refractivity contribution in [3.63, 3.8) is 0 Å². The largest absolute Gasteiger partial charge is 0.493 e. The molecule has 1 aromatic heterocycles. The standard InChI is InChI=1S/C15H15NO5/c1-10-7-12(16-21-10)9-20-13-5-3-11(4-6-15(17)18)8-14(13)19-2/h3-8H,9H2,1-2H3,(H,17,18)/b6-4-. The molecule has 0 saturated carbocycles. The van der Waals surface area contributed by atoms with Crippen molar-refractivity contribution >= 4 is 12.0 Å². The second kappa shape index (κ2) is 6.60. The number of ether oxygens (including phenoxy) is 2. The molecule has 6 nitrogen and oxygen atoms in total. The van der Waals surface area contributed by atoms with E-state index in [2.05, 4.69) is 5.16 Å². The molecule has 0 aliphatic rings. The molecular weight excluding hydrogens is 274 g/mol. The molecule has 6 heteroatoms. The molecule has 2 rings (SSSR count). The summed E-state index contributed by atoms with van der Waals surface area (Å²) in [5.41, 5.74) is 1.39. The van der Waals surface area contributed by atoms with Crippen molar-refractivity contribution in [1.82, 2.24) is 5.16 Å². The lowest BCUT2D eigenvalue weighted by molar-refractivity contribution is -0.131. The van der Waals surface area contributed by atoms with Crippen LogP contribution in [-0.2, 0) is 11.4 Å². The topological polar surface area (TPSA) is 81.8 Å². The molecule has 0 unspecified atom stereocenters. The van der Waals surface area contributed by atoms with Gasteiger partial charge in [0, 0.05) is 12.1 Å². The number of aryl methyl sites for hydroxylation is 1. The fraction of sp³-hybridized carbons (Fsp3) is 0.200. The molecule has 0 amide bonds. The van der Waals surface area contributed by atoms with Crippen molar-refractivity contribution < 1.29 is 23.9 Å². The summed E-state index contributed by atoms with van der Waals surface area (Å²) in [5.74, 6) is 0.777. The van der Waals surface area contributed by atoms with Crippen LogP contribution < -0.4 is 9.47 Å². The van der Waals surface area contributed by atoms with Crippen molar-refractivity contribution in [3.05, 3.63) is 47.4 Å². The van der Waals surface area contributed by atoms with Gasteiger partial charge in [0.25, 0.3) is 0 Å². The minimum absolute atomic E-state index is 0.262. The van der Waals surface area contributed by atoms with Crippen LogP contribution in [0.3, 0.4) is 0 Å². The molecule has 0 saturated heterocycles. The van der Waals surface area contributed by atoms with Gasteiger partial charge in [-0.2, -0.15) is 0 Å². The van der Waals surface area contributed by atoms with E-state index in [0.717, 1.165) is 11.8 Å². The lowest BCUT2D eigenvalue weighted by Crippen LogP contribution is -1.98. The SMILES string of the molecule is COc1cc(/C=C\C(=O)O)ccc1OCc1cc(C)on1. The van der Waals surface area contributed by atoms with Gasteiger partial charge in [0.15, 0.2) is 11.5 Å². The van der Waals surface area contributed by atoms with E-state index < -0.39 is 5.97 Å². The Kier molecular flexibility index (Phi) is 4.61. The molecule has 0 bridgehead atoms. The fourth-order valence-corrected chi connectivity index (χ4v) is 1.71. The fourth-order valence-electron chi connectivity index (χ4n) is 1.71. The number of carboxylic acids is 1. The molecule has 0 atom stereocenters. The van der Waals surface area contributed by atoms with Crippen LogP contribution >= 0.6 is 0 Å². The third kappa shape index (κ3) is 4.10. The Morgan fingerprint density at radius 1 is 1.38 bits per heavy atom. The number of aromatic nitrogens is 1. The van der Waals surface area contributed by atoms with Gasteiger partial charge in [-0.05, 0) is 30.7 Å². The molecule has 0 aliphatic heterocycles. The van der Waals surface area contributed by atoms with Crippen LogP contribution in [0.15, 0.2) is 34.9 Å². The summed E-state index contributed by atoms with van der Waals surface area (Å²) in [6.45, 7) is 2.07. The van der Waals surface area contributed by atoms with Gasteiger partial charge in [0.05, 0.1) is 7.11 Å². The third-order valence-corrected chi connectivity index (χ3v) is 2.66. The first-order valence-corrected chi connectivity index (χ1v) is 6.22. The van der Waals surface area contributed by atoms with Gasteiger partial charge in [0.1, 0.15) is 18.1 Å². The zero-order valence-corrected chi connectivity index (χ0v) is 11.7. The maximum Gasteiger partial charge on any atom is 0.328 e. The average molecular weight is 289 g/mol. The van der Waals surface area contributed by atoms with Gasteiger partial charge < -0.3 is 19.1 Å². The van der Waals surface area contributed by atoms with Crippen molar-refractivity contribution in [2.24, 2.45) is 0 Å². The number of benzene rings is 1. The second-order valence-corrected chi connectivity index (χ2v) is 4.30. The zero-order valence-electron chi connectivity index (χ0n) is 11.7. The maximum absolute atomic E-state index is 10.5. The number of hydrogen-bond acceptors (Lipinski definition) is 5. The first-order valence-electron chi connectivity index (χ1n) is 6.22. The highest BCUT2D eigenvalue weighted by atomic mass is 16.5. The van der Waals surface area contributed by atoms with Crippen LogP contribution in [0.5, 0.6) is 11.5 Å². The monoisotopic (exact) mass is 289 g/mol. The van der Waals surface area contributed by atoms with Crippen LogP contribution in [0.25, 0.3) is 6.08 Å². The minimum atomic E-state index is -1.00. The van der Waals surface area contributed by atoms with E-state index in [1.165, 1.54) is 13.2 Å². The highest BCUT2D eigenvalue weighted by Gasteiger charge is 2.07. The summed E-state index contributed by atoms with van der Waals surface area (Å²) in [7, 11) is 1.52. The van der Waals surface area contributed by atoms with Crippen molar-refractivity contribution in [2.75, 3.05) is 7.11 Å². The summed E-state index contributed by atoms with van der Waals surface area (Å²) in [5, 5.41) is 12.4. The summed E-state index contributed by atoms with van der Waals surface area (Å²) in [6, 6.07) is 6.94.